The molecule has 0 atom stereocenters. The average Bonchev–Trinajstić information content (AvgIpc) is 2.71. The van der Waals surface area contributed by atoms with Crippen LogP contribution in [0.2, 0.25) is 0 Å². The fourth-order valence-electron chi connectivity index (χ4n) is 3.22. The summed E-state index contributed by atoms with van der Waals surface area (Å²) in [5.41, 5.74) is 3.02. The molecule has 0 radical (unpaired) electrons. The minimum Gasteiger partial charge on any atom is -0.497 e. The van der Waals surface area contributed by atoms with Gasteiger partial charge in [0.1, 0.15) is 5.75 Å². The van der Waals surface area contributed by atoms with Crippen LogP contribution in [-0.4, -0.2) is 11.7 Å². The Bertz CT molecular complexity index is 1100. The average molecular weight is 341 g/mol. The van der Waals surface area contributed by atoms with E-state index in [-0.39, 0.29) is 5.56 Å². The van der Waals surface area contributed by atoms with E-state index >= 15 is 0 Å². The Morgan fingerprint density at radius 3 is 2.27 bits per heavy atom. The maximum atomic E-state index is 13.2. The van der Waals surface area contributed by atoms with E-state index in [1.165, 1.54) is 0 Å². The molecule has 0 fully saturated rings. The van der Waals surface area contributed by atoms with Gasteiger partial charge < -0.3 is 9.30 Å². The van der Waals surface area contributed by atoms with Gasteiger partial charge in [-0.1, -0.05) is 48.5 Å². The van der Waals surface area contributed by atoms with Gasteiger partial charge in [-0.3, -0.25) is 4.79 Å². The highest BCUT2D eigenvalue weighted by molar-refractivity contribution is 5.85. The van der Waals surface area contributed by atoms with Crippen LogP contribution in [0.3, 0.4) is 0 Å². The molecule has 4 aromatic rings. The first kappa shape index (κ1) is 16.2. The van der Waals surface area contributed by atoms with Crippen molar-refractivity contribution in [1.82, 2.24) is 4.57 Å². The van der Waals surface area contributed by atoms with Gasteiger partial charge in [0.2, 0.25) is 0 Å². The quantitative estimate of drug-likeness (QED) is 0.537. The number of ether oxygens (including phenoxy) is 1. The molecule has 1 heterocycles. The van der Waals surface area contributed by atoms with Crippen molar-refractivity contribution >= 4 is 10.8 Å². The molecule has 0 aliphatic rings. The molecule has 0 spiro atoms. The number of hydrogen-bond donors (Lipinski definition) is 0. The predicted molar refractivity (Wildman–Crippen MR) is 106 cm³/mol. The largest absolute Gasteiger partial charge is 0.497 e. The normalized spacial score (nSPS) is 10.8. The molecule has 0 saturated carbocycles. The van der Waals surface area contributed by atoms with Crippen molar-refractivity contribution in [2.24, 2.45) is 0 Å². The molecule has 0 aliphatic carbocycles. The Morgan fingerprint density at radius 1 is 0.846 bits per heavy atom. The lowest BCUT2D eigenvalue weighted by molar-refractivity contribution is 0.415. The molecular formula is C23H19NO2. The van der Waals surface area contributed by atoms with Crippen LogP contribution in [0.25, 0.3) is 22.0 Å². The summed E-state index contributed by atoms with van der Waals surface area (Å²) in [6.45, 7) is 0.534. The van der Waals surface area contributed by atoms with Gasteiger partial charge in [0, 0.05) is 5.39 Å². The molecule has 128 valence electrons. The zero-order chi connectivity index (χ0) is 17.9. The monoisotopic (exact) mass is 341 g/mol. The van der Waals surface area contributed by atoms with Crippen molar-refractivity contribution in [2.45, 2.75) is 6.54 Å². The lowest BCUT2D eigenvalue weighted by Gasteiger charge is -2.15. The molecular weight excluding hydrogens is 322 g/mol. The SMILES string of the molecule is COc1ccc(-c2cc3ccccc3c(=O)n2Cc2ccccc2)cc1. The van der Waals surface area contributed by atoms with Gasteiger partial charge >= 0.3 is 0 Å². The topological polar surface area (TPSA) is 31.2 Å². The van der Waals surface area contributed by atoms with Crippen LogP contribution >= 0.6 is 0 Å². The van der Waals surface area contributed by atoms with Gasteiger partial charge in [0.25, 0.3) is 5.56 Å². The standard InChI is InChI=1S/C23H19NO2/c1-26-20-13-11-18(12-14-20)22-15-19-9-5-6-10-21(19)23(25)24(22)16-17-7-3-2-4-8-17/h2-15H,16H2,1H3. The van der Waals surface area contributed by atoms with Crippen LogP contribution in [0.1, 0.15) is 5.56 Å². The van der Waals surface area contributed by atoms with E-state index in [4.69, 9.17) is 4.74 Å². The predicted octanol–water partition coefficient (Wildman–Crippen LogP) is 4.73. The highest BCUT2D eigenvalue weighted by Crippen LogP contribution is 2.25. The smallest absolute Gasteiger partial charge is 0.259 e. The fraction of sp³-hybridized carbons (Fsp3) is 0.0870. The first-order valence-electron chi connectivity index (χ1n) is 8.57. The second-order valence-corrected chi connectivity index (χ2v) is 6.22. The molecule has 3 heteroatoms. The van der Waals surface area contributed by atoms with Crippen molar-refractivity contribution < 1.29 is 4.74 Å². The molecule has 0 aliphatic heterocycles. The fourth-order valence-corrected chi connectivity index (χ4v) is 3.22. The van der Waals surface area contributed by atoms with E-state index < -0.39 is 0 Å². The maximum Gasteiger partial charge on any atom is 0.259 e. The van der Waals surface area contributed by atoms with Gasteiger partial charge in [-0.05, 0) is 52.9 Å². The first-order chi connectivity index (χ1) is 12.8. The minimum absolute atomic E-state index is 0.0257. The minimum atomic E-state index is 0.0257. The Labute approximate surface area is 152 Å². The Morgan fingerprint density at radius 2 is 1.54 bits per heavy atom. The van der Waals surface area contributed by atoms with E-state index in [1.54, 1.807) is 7.11 Å². The highest BCUT2D eigenvalue weighted by Gasteiger charge is 2.11. The zero-order valence-electron chi connectivity index (χ0n) is 14.6. The van der Waals surface area contributed by atoms with Crippen LogP contribution in [-0.2, 0) is 6.54 Å². The summed E-state index contributed by atoms with van der Waals surface area (Å²) in [5.74, 6) is 0.798. The van der Waals surface area contributed by atoms with Gasteiger partial charge in [-0.2, -0.15) is 0 Å². The van der Waals surface area contributed by atoms with Crippen LogP contribution in [0.4, 0.5) is 0 Å². The van der Waals surface area contributed by atoms with Crippen molar-refractivity contribution in [3.63, 3.8) is 0 Å². The molecule has 4 rings (SSSR count). The number of methoxy groups -OCH3 is 1. The van der Waals surface area contributed by atoms with Crippen LogP contribution < -0.4 is 10.3 Å². The van der Waals surface area contributed by atoms with E-state index in [0.717, 1.165) is 33.3 Å². The summed E-state index contributed by atoms with van der Waals surface area (Å²) < 4.78 is 7.10. The van der Waals surface area contributed by atoms with Crippen LogP contribution in [0.5, 0.6) is 5.75 Å². The summed E-state index contributed by atoms with van der Waals surface area (Å²) in [5, 5.41) is 1.69. The number of benzene rings is 3. The second kappa shape index (κ2) is 6.89. The van der Waals surface area contributed by atoms with E-state index in [9.17, 15) is 4.79 Å². The summed E-state index contributed by atoms with van der Waals surface area (Å²) >= 11 is 0. The molecule has 0 amide bonds. The van der Waals surface area contributed by atoms with E-state index in [0.29, 0.717) is 6.54 Å². The third-order valence-corrected chi connectivity index (χ3v) is 4.59. The van der Waals surface area contributed by atoms with E-state index in [1.807, 2.05) is 83.4 Å². The number of aromatic nitrogens is 1. The molecule has 0 unspecified atom stereocenters. The highest BCUT2D eigenvalue weighted by atomic mass is 16.5. The van der Waals surface area contributed by atoms with Gasteiger partial charge in [-0.15, -0.1) is 0 Å². The third kappa shape index (κ3) is 3.00. The maximum absolute atomic E-state index is 13.2. The van der Waals surface area contributed by atoms with E-state index in [2.05, 4.69) is 6.07 Å². The Kier molecular flexibility index (Phi) is 4.28. The third-order valence-electron chi connectivity index (χ3n) is 4.59. The summed E-state index contributed by atoms with van der Waals surface area (Å²) in [6.07, 6.45) is 0. The molecule has 0 saturated heterocycles. The number of hydrogen-bond acceptors (Lipinski definition) is 2. The Hall–Kier alpha value is -3.33. The van der Waals surface area contributed by atoms with Gasteiger partial charge in [0.05, 0.1) is 19.3 Å². The number of fused-ring (bicyclic) bond motifs is 1. The molecule has 3 aromatic carbocycles. The van der Waals surface area contributed by atoms with Gasteiger partial charge in [0.15, 0.2) is 0 Å². The molecule has 3 nitrogen and oxygen atoms in total. The lowest BCUT2D eigenvalue weighted by Crippen LogP contribution is -2.22. The number of rotatable bonds is 4. The van der Waals surface area contributed by atoms with Gasteiger partial charge in [-0.25, -0.2) is 0 Å². The Balaban J connectivity index is 1.94. The molecule has 26 heavy (non-hydrogen) atoms. The zero-order valence-corrected chi connectivity index (χ0v) is 14.6. The molecule has 0 bridgehead atoms. The first-order valence-corrected chi connectivity index (χ1v) is 8.57. The lowest BCUT2D eigenvalue weighted by atomic mass is 10.1. The van der Waals surface area contributed by atoms with Crippen LogP contribution in [0, 0.1) is 0 Å². The summed E-state index contributed by atoms with van der Waals surface area (Å²) in [4.78, 5) is 13.2. The van der Waals surface area contributed by atoms with Crippen LogP contribution in [0.15, 0.2) is 89.7 Å². The van der Waals surface area contributed by atoms with Crippen molar-refractivity contribution in [1.29, 1.82) is 0 Å². The molecule has 1 aromatic heterocycles. The number of nitrogens with zero attached hydrogens (tertiary/aromatic N) is 1. The van der Waals surface area contributed by atoms with Crippen molar-refractivity contribution in [2.75, 3.05) is 7.11 Å². The summed E-state index contributed by atoms with van der Waals surface area (Å²) in [7, 11) is 1.65. The van der Waals surface area contributed by atoms with Crippen molar-refractivity contribution in [3.8, 4) is 17.0 Å². The molecule has 0 N–H and O–H groups in total. The number of pyridine rings is 1. The summed E-state index contributed by atoms with van der Waals surface area (Å²) in [6, 6.07) is 27.7. The second-order valence-electron chi connectivity index (χ2n) is 6.22. The van der Waals surface area contributed by atoms with Crippen molar-refractivity contribution in [3.05, 3.63) is 101 Å².